The molecule has 0 radical (unpaired) electrons. The SMILES string of the molecule is CC(=O)[CH](C(C)=O)[Sn]([Cl])([Cl])[Cl]. The first-order valence-electron chi connectivity index (χ1n) is 2.84. The standard InChI is InChI=1S/C5H7O2.3ClH.Sn/c1-4(6)3-5(2)7;;;;/h3H,1-2H3;3*1H;/q;;;;+3/p-3. The van der Waals surface area contributed by atoms with Crippen molar-refractivity contribution in [1.29, 1.82) is 0 Å². The van der Waals surface area contributed by atoms with Gasteiger partial charge >= 0.3 is 80.7 Å². The number of Topliss-reactive ketones (excluding diaryl/α,β-unsaturated/α-hetero) is 2. The van der Waals surface area contributed by atoms with E-state index < -0.39 is 18.9 Å². The van der Waals surface area contributed by atoms with Crippen LogP contribution in [0.15, 0.2) is 0 Å². The summed E-state index contributed by atoms with van der Waals surface area (Å²) in [6, 6.07) is 0. The van der Waals surface area contributed by atoms with E-state index in [-0.39, 0.29) is 11.6 Å². The predicted molar refractivity (Wildman–Crippen MR) is 48.4 cm³/mol. The molecule has 0 amide bonds. The van der Waals surface area contributed by atoms with Gasteiger partial charge in [0.05, 0.1) is 0 Å². The molecule has 0 atom stereocenters. The monoisotopic (exact) mass is 324 g/mol. The van der Waals surface area contributed by atoms with Crippen LogP contribution >= 0.6 is 26.8 Å². The number of ketones is 2. The van der Waals surface area contributed by atoms with E-state index in [1.54, 1.807) is 0 Å². The molecular formula is C5H7Cl3O2Sn. The Morgan fingerprint density at radius 2 is 1.36 bits per heavy atom. The Balaban J connectivity index is 4.63. The Morgan fingerprint density at radius 1 is 1.09 bits per heavy atom. The van der Waals surface area contributed by atoms with Gasteiger partial charge in [-0.05, 0) is 0 Å². The molecule has 0 heterocycles. The maximum atomic E-state index is 10.8. The van der Waals surface area contributed by atoms with E-state index in [4.69, 9.17) is 26.8 Å². The van der Waals surface area contributed by atoms with Gasteiger partial charge in [-0.1, -0.05) is 0 Å². The van der Waals surface area contributed by atoms with Gasteiger partial charge in [0.2, 0.25) is 0 Å². The molecule has 0 aliphatic carbocycles. The summed E-state index contributed by atoms with van der Waals surface area (Å²) in [4.78, 5) is 21.6. The zero-order chi connectivity index (χ0) is 9.23. The zero-order valence-corrected chi connectivity index (χ0v) is 11.1. The van der Waals surface area contributed by atoms with Crippen LogP contribution in [0.1, 0.15) is 13.8 Å². The summed E-state index contributed by atoms with van der Waals surface area (Å²) < 4.78 is -0.936. The van der Waals surface area contributed by atoms with Crippen LogP contribution in [0.4, 0.5) is 0 Å². The van der Waals surface area contributed by atoms with Crippen molar-refractivity contribution in [1.82, 2.24) is 0 Å². The van der Waals surface area contributed by atoms with Crippen molar-refractivity contribution in [3.8, 4) is 0 Å². The first-order chi connectivity index (χ1) is 4.76. The van der Waals surface area contributed by atoms with Gasteiger partial charge in [-0.15, -0.1) is 0 Å². The Kier molecular flexibility index (Phi) is 4.70. The molecule has 0 aromatic heterocycles. The maximum absolute atomic E-state index is 10.8. The summed E-state index contributed by atoms with van der Waals surface area (Å²) in [6.45, 7) is 2.54. The van der Waals surface area contributed by atoms with Crippen LogP contribution in [0, 0.1) is 0 Å². The fourth-order valence-electron chi connectivity index (χ4n) is 0.747. The van der Waals surface area contributed by atoms with E-state index in [9.17, 15) is 9.59 Å². The third-order valence-corrected chi connectivity index (χ3v) is 9.72. The fourth-order valence-corrected chi connectivity index (χ4v) is 9.56. The molecule has 2 nitrogen and oxygen atoms in total. The van der Waals surface area contributed by atoms with E-state index in [2.05, 4.69) is 0 Å². The normalized spacial score (nSPS) is 11.8. The summed E-state index contributed by atoms with van der Waals surface area (Å²) in [5.41, 5.74) is 0. The average molecular weight is 324 g/mol. The van der Waals surface area contributed by atoms with Gasteiger partial charge in [-0.2, -0.15) is 0 Å². The minimum absolute atomic E-state index is 0.340. The van der Waals surface area contributed by atoms with Crippen LogP contribution < -0.4 is 0 Å². The van der Waals surface area contributed by atoms with Gasteiger partial charge in [-0.25, -0.2) is 0 Å². The molecule has 11 heavy (non-hydrogen) atoms. The van der Waals surface area contributed by atoms with Crippen molar-refractivity contribution < 1.29 is 9.59 Å². The summed E-state index contributed by atoms with van der Waals surface area (Å²) in [7, 11) is 16.8. The molecule has 6 heteroatoms. The van der Waals surface area contributed by atoms with Crippen molar-refractivity contribution >= 4 is 53.3 Å². The topological polar surface area (TPSA) is 34.1 Å². The van der Waals surface area contributed by atoms with Gasteiger partial charge in [0.25, 0.3) is 0 Å². The molecule has 0 aliphatic heterocycles. The molecule has 0 rings (SSSR count). The van der Waals surface area contributed by atoms with Crippen LogP contribution in [0.25, 0.3) is 0 Å². The van der Waals surface area contributed by atoms with Crippen LogP contribution in [0.3, 0.4) is 0 Å². The number of rotatable bonds is 3. The molecule has 0 aliphatic rings. The average Bonchev–Trinajstić information content (AvgIpc) is 1.54. The Hall–Kier alpha value is 1.01. The van der Waals surface area contributed by atoms with E-state index >= 15 is 0 Å². The number of hydrogen-bond donors (Lipinski definition) is 0. The fraction of sp³-hybridized carbons (Fsp3) is 0.600. The molecule has 0 aromatic carbocycles. The molecule has 0 N–H and O–H groups in total. The van der Waals surface area contributed by atoms with Gasteiger partial charge in [-0.3, -0.25) is 0 Å². The van der Waals surface area contributed by atoms with E-state index in [0.717, 1.165) is 0 Å². The second-order valence-corrected chi connectivity index (χ2v) is 22.8. The van der Waals surface area contributed by atoms with Gasteiger partial charge in [0, 0.05) is 0 Å². The van der Waals surface area contributed by atoms with Crippen LogP contribution in [-0.4, -0.2) is 26.6 Å². The van der Waals surface area contributed by atoms with E-state index in [0.29, 0.717) is 0 Å². The Bertz CT molecular complexity index is 173. The number of hydrogen-bond acceptors (Lipinski definition) is 2. The van der Waals surface area contributed by atoms with Crippen molar-refractivity contribution in [2.24, 2.45) is 0 Å². The summed E-state index contributed by atoms with van der Waals surface area (Å²) >= 11 is -3.90. The summed E-state index contributed by atoms with van der Waals surface area (Å²) in [5, 5.41) is 0. The number of carbonyl (C=O) groups excluding carboxylic acids is 2. The van der Waals surface area contributed by atoms with Crippen molar-refractivity contribution in [3.05, 3.63) is 0 Å². The molecule has 0 saturated heterocycles. The Morgan fingerprint density at radius 3 is 1.36 bits per heavy atom. The van der Waals surface area contributed by atoms with Gasteiger partial charge < -0.3 is 0 Å². The molecule has 0 aromatic rings. The first kappa shape index (κ1) is 12.0. The van der Waals surface area contributed by atoms with Crippen LogP contribution in [-0.2, 0) is 9.59 Å². The van der Waals surface area contributed by atoms with Crippen LogP contribution in [0.5, 0.6) is 0 Å². The van der Waals surface area contributed by atoms with Crippen molar-refractivity contribution in [3.63, 3.8) is 0 Å². The second-order valence-electron chi connectivity index (χ2n) is 2.20. The third kappa shape index (κ3) is 3.97. The minimum atomic E-state index is -3.90. The molecule has 0 spiro atoms. The molecule has 0 saturated carbocycles. The van der Waals surface area contributed by atoms with Crippen molar-refractivity contribution in [2.75, 3.05) is 0 Å². The predicted octanol–water partition coefficient (Wildman–Crippen LogP) is 2.19. The van der Waals surface area contributed by atoms with Gasteiger partial charge in [0.1, 0.15) is 0 Å². The van der Waals surface area contributed by atoms with E-state index in [1.165, 1.54) is 13.8 Å². The second kappa shape index (κ2) is 4.30. The number of halogens is 3. The van der Waals surface area contributed by atoms with Crippen LogP contribution in [0.2, 0.25) is 3.93 Å². The molecule has 0 bridgehead atoms. The number of carbonyl (C=O) groups is 2. The Labute approximate surface area is 80.2 Å². The van der Waals surface area contributed by atoms with Crippen molar-refractivity contribution in [2.45, 2.75) is 17.8 Å². The zero-order valence-electron chi connectivity index (χ0n) is 6.03. The quantitative estimate of drug-likeness (QED) is 0.589. The summed E-state index contributed by atoms with van der Waals surface area (Å²) in [6.07, 6.45) is 0. The molecular weight excluding hydrogens is 317 g/mol. The summed E-state index contributed by atoms with van der Waals surface area (Å²) in [5.74, 6) is -0.679. The molecule has 64 valence electrons. The molecule has 0 unspecified atom stereocenters. The molecule has 0 fully saturated rings. The van der Waals surface area contributed by atoms with Gasteiger partial charge in [0.15, 0.2) is 0 Å². The van der Waals surface area contributed by atoms with E-state index in [1.807, 2.05) is 0 Å². The third-order valence-electron chi connectivity index (χ3n) is 1.14. The first-order valence-corrected chi connectivity index (χ1v) is 15.3.